The van der Waals surface area contributed by atoms with Crippen molar-refractivity contribution in [1.82, 2.24) is 0 Å². The molecule has 74 heavy (non-hydrogen) atoms. The lowest BCUT2D eigenvalue weighted by atomic mass is 10.0. The largest absolute Gasteiger partial charge is 0.462 e. The van der Waals surface area contributed by atoms with Gasteiger partial charge >= 0.3 is 17.9 Å². The monoisotopic (exact) mass is 1040 g/mol. The Hall–Kier alpha value is -2.63. The van der Waals surface area contributed by atoms with Crippen molar-refractivity contribution < 1.29 is 28.6 Å². The van der Waals surface area contributed by atoms with Crippen LogP contribution in [0.3, 0.4) is 0 Å². The Morgan fingerprint density at radius 2 is 0.486 bits per heavy atom. The number of hydrogen-bond acceptors (Lipinski definition) is 6. The predicted molar refractivity (Wildman–Crippen MR) is 321 cm³/mol. The number of ether oxygens (including phenoxy) is 3. The van der Waals surface area contributed by atoms with Gasteiger partial charge in [0.25, 0.3) is 0 Å². The lowest BCUT2D eigenvalue weighted by molar-refractivity contribution is -0.167. The van der Waals surface area contributed by atoms with Crippen molar-refractivity contribution in [1.29, 1.82) is 0 Å². The van der Waals surface area contributed by atoms with Crippen molar-refractivity contribution in [2.45, 2.75) is 354 Å². The highest BCUT2D eigenvalue weighted by Crippen LogP contribution is 2.17. The molecule has 0 aliphatic carbocycles. The Bertz CT molecular complexity index is 1280. The van der Waals surface area contributed by atoms with Crippen LogP contribution in [0.15, 0.2) is 48.6 Å². The molecule has 0 saturated carbocycles. The van der Waals surface area contributed by atoms with Gasteiger partial charge in [0.1, 0.15) is 13.2 Å². The van der Waals surface area contributed by atoms with Gasteiger partial charge in [-0.05, 0) is 83.5 Å². The quantitative estimate of drug-likeness (QED) is 0.0261. The number of esters is 3. The molecule has 1 atom stereocenters. The third kappa shape index (κ3) is 60.2. The molecule has 0 fully saturated rings. The normalized spacial score (nSPS) is 12.3. The highest BCUT2D eigenvalue weighted by Gasteiger charge is 2.19. The van der Waals surface area contributed by atoms with Gasteiger partial charge in [-0.25, -0.2) is 0 Å². The molecule has 432 valence electrons. The average molecular weight is 1040 g/mol. The van der Waals surface area contributed by atoms with Crippen LogP contribution >= 0.6 is 0 Å². The van der Waals surface area contributed by atoms with Crippen LogP contribution in [0.4, 0.5) is 0 Å². The van der Waals surface area contributed by atoms with E-state index in [1.54, 1.807) is 0 Å². The Morgan fingerprint density at radius 1 is 0.270 bits per heavy atom. The summed E-state index contributed by atoms with van der Waals surface area (Å²) in [5, 5.41) is 0. The summed E-state index contributed by atoms with van der Waals surface area (Å²) in [6.45, 7) is 6.65. The van der Waals surface area contributed by atoms with Crippen LogP contribution in [0, 0.1) is 0 Å². The predicted octanol–water partition coefficient (Wildman–Crippen LogP) is 22.2. The van der Waals surface area contributed by atoms with Crippen molar-refractivity contribution in [2.75, 3.05) is 13.2 Å². The van der Waals surface area contributed by atoms with Gasteiger partial charge in [0.05, 0.1) is 0 Å². The minimum atomic E-state index is -0.778. The summed E-state index contributed by atoms with van der Waals surface area (Å²) in [6, 6.07) is 0. The lowest BCUT2D eigenvalue weighted by Crippen LogP contribution is -2.30. The molecular weight excluding hydrogens is 913 g/mol. The van der Waals surface area contributed by atoms with Crippen molar-refractivity contribution in [2.24, 2.45) is 0 Å². The standard InChI is InChI=1S/C68H124O6/c1-4-7-10-13-16-19-22-25-28-30-32-33-34-35-36-38-40-43-46-49-52-55-58-61-67(70)73-64-65(63-72-66(69)60-57-54-51-48-45-42-39-27-24-21-18-15-12-9-6-3)74-68(71)62-59-56-53-50-47-44-41-37-31-29-26-23-20-17-14-11-8-5-2/h18,21-22,25,27,30,32,39,65H,4-17,19-20,23-24,26,28-29,31,33-38,40-64H2,1-3H3/b21-18-,25-22-,32-30-,39-27-. The molecule has 0 spiro atoms. The maximum absolute atomic E-state index is 12.9. The van der Waals surface area contributed by atoms with Crippen LogP contribution in [-0.2, 0) is 28.6 Å². The fraction of sp³-hybridized carbons (Fsp3) is 0.838. The first-order valence-electron chi connectivity index (χ1n) is 32.6. The van der Waals surface area contributed by atoms with Gasteiger partial charge in [0.15, 0.2) is 6.10 Å². The fourth-order valence-electron chi connectivity index (χ4n) is 9.62. The van der Waals surface area contributed by atoms with Gasteiger partial charge in [-0.1, -0.05) is 294 Å². The molecule has 0 heterocycles. The van der Waals surface area contributed by atoms with Gasteiger partial charge in [-0.3, -0.25) is 14.4 Å². The topological polar surface area (TPSA) is 78.9 Å². The van der Waals surface area contributed by atoms with E-state index in [1.165, 1.54) is 225 Å². The zero-order valence-corrected chi connectivity index (χ0v) is 49.6. The molecule has 0 N–H and O–H groups in total. The molecule has 0 aliphatic rings. The maximum atomic E-state index is 12.9. The SMILES string of the molecule is CCCCC/C=C\C/C=C\CCCCCCCC(=O)OCC(COC(=O)CCCCCCCCCCCCC/C=C\C/C=C\CCCCCCC)OC(=O)CCCCCCCCCCCCCCCCCCCC. The Labute approximate surface area is 460 Å². The molecule has 0 rings (SSSR count). The first-order valence-corrected chi connectivity index (χ1v) is 32.6. The molecule has 0 radical (unpaired) electrons. The number of allylic oxidation sites excluding steroid dienone is 8. The molecule has 0 bridgehead atoms. The smallest absolute Gasteiger partial charge is 0.306 e. The summed E-state index contributed by atoms with van der Waals surface area (Å²) >= 11 is 0. The number of rotatable bonds is 60. The Kier molecular flexibility index (Phi) is 60.7. The van der Waals surface area contributed by atoms with Crippen LogP contribution in [0.5, 0.6) is 0 Å². The van der Waals surface area contributed by atoms with E-state index < -0.39 is 6.10 Å². The minimum Gasteiger partial charge on any atom is -0.462 e. The maximum Gasteiger partial charge on any atom is 0.306 e. The molecule has 6 nitrogen and oxygen atoms in total. The lowest BCUT2D eigenvalue weighted by Gasteiger charge is -2.18. The summed E-state index contributed by atoms with van der Waals surface area (Å²) in [5.41, 5.74) is 0. The second kappa shape index (κ2) is 62.9. The van der Waals surface area contributed by atoms with Crippen molar-refractivity contribution in [3.63, 3.8) is 0 Å². The molecular formula is C68H124O6. The zero-order chi connectivity index (χ0) is 53.6. The highest BCUT2D eigenvalue weighted by atomic mass is 16.6. The van der Waals surface area contributed by atoms with E-state index in [0.717, 1.165) is 83.5 Å². The molecule has 1 unspecified atom stereocenters. The Balaban J connectivity index is 4.32. The first kappa shape index (κ1) is 71.4. The molecule has 0 aromatic carbocycles. The van der Waals surface area contributed by atoms with E-state index >= 15 is 0 Å². The second-order valence-corrected chi connectivity index (χ2v) is 22.0. The second-order valence-electron chi connectivity index (χ2n) is 22.0. The van der Waals surface area contributed by atoms with E-state index in [9.17, 15) is 14.4 Å². The van der Waals surface area contributed by atoms with Crippen LogP contribution in [0.2, 0.25) is 0 Å². The first-order chi connectivity index (χ1) is 36.5. The molecule has 0 aromatic heterocycles. The van der Waals surface area contributed by atoms with Crippen LogP contribution < -0.4 is 0 Å². The van der Waals surface area contributed by atoms with Crippen molar-refractivity contribution >= 4 is 17.9 Å². The molecule has 0 aromatic rings. The van der Waals surface area contributed by atoms with E-state index in [4.69, 9.17) is 14.2 Å². The Morgan fingerprint density at radius 3 is 0.770 bits per heavy atom. The van der Waals surface area contributed by atoms with Gasteiger partial charge < -0.3 is 14.2 Å². The number of hydrogen-bond donors (Lipinski definition) is 0. The number of unbranched alkanes of at least 4 members (excludes halogenated alkanes) is 41. The van der Waals surface area contributed by atoms with E-state index in [0.29, 0.717) is 19.3 Å². The number of carbonyl (C=O) groups excluding carboxylic acids is 3. The summed E-state index contributed by atoms with van der Waals surface area (Å²) in [7, 11) is 0. The van der Waals surface area contributed by atoms with Gasteiger partial charge in [-0.2, -0.15) is 0 Å². The van der Waals surface area contributed by atoms with Gasteiger partial charge in [-0.15, -0.1) is 0 Å². The van der Waals surface area contributed by atoms with Gasteiger partial charge in [0, 0.05) is 19.3 Å². The third-order valence-electron chi connectivity index (χ3n) is 14.6. The van der Waals surface area contributed by atoms with Crippen LogP contribution in [-0.4, -0.2) is 37.2 Å². The third-order valence-corrected chi connectivity index (χ3v) is 14.6. The molecule has 6 heteroatoms. The summed E-state index contributed by atoms with van der Waals surface area (Å²) in [5.74, 6) is -0.869. The summed E-state index contributed by atoms with van der Waals surface area (Å²) < 4.78 is 16.9. The van der Waals surface area contributed by atoms with E-state index in [1.807, 2.05) is 0 Å². The average Bonchev–Trinajstić information content (AvgIpc) is 3.40. The molecule has 0 amide bonds. The van der Waals surface area contributed by atoms with Crippen LogP contribution in [0.25, 0.3) is 0 Å². The van der Waals surface area contributed by atoms with Crippen molar-refractivity contribution in [3.05, 3.63) is 48.6 Å². The minimum absolute atomic E-state index is 0.0751. The van der Waals surface area contributed by atoms with E-state index in [-0.39, 0.29) is 31.1 Å². The number of carbonyl (C=O) groups is 3. The van der Waals surface area contributed by atoms with Crippen LogP contribution in [0.1, 0.15) is 348 Å². The van der Waals surface area contributed by atoms with Gasteiger partial charge in [0.2, 0.25) is 0 Å². The van der Waals surface area contributed by atoms with E-state index in [2.05, 4.69) is 69.4 Å². The molecule has 0 aliphatic heterocycles. The summed E-state index contributed by atoms with van der Waals surface area (Å²) in [4.78, 5) is 38.3. The molecule has 0 saturated heterocycles. The summed E-state index contributed by atoms with van der Waals surface area (Å²) in [6.07, 6.45) is 78.3. The highest BCUT2D eigenvalue weighted by molar-refractivity contribution is 5.71. The zero-order valence-electron chi connectivity index (χ0n) is 49.6. The van der Waals surface area contributed by atoms with Crippen molar-refractivity contribution in [3.8, 4) is 0 Å². The fourth-order valence-corrected chi connectivity index (χ4v) is 9.62.